The quantitative estimate of drug-likeness (QED) is 0.804. The van der Waals surface area contributed by atoms with E-state index in [1.165, 1.54) is 6.07 Å². The molecular weight excluding hydrogens is 217 g/mol. The summed E-state index contributed by atoms with van der Waals surface area (Å²) >= 11 is 0. The number of nitrogens with zero attached hydrogens (tertiary/aromatic N) is 1. The number of hydrogen-bond acceptors (Lipinski definition) is 2. The van der Waals surface area contributed by atoms with Gasteiger partial charge in [-0.3, -0.25) is 0 Å². The maximum Gasteiger partial charge on any atom is 0.416 e. The molecule has 86 valence electrons. The van der Waals surface area contributed by atoms with Gasteiger partial charge in [-0.15, -0.1) is 0 Å². The third-order valence-corrected chi connectivity index (χ3v) is 2.00. The fourth-order valence-electron chi connectivity index (χ4n) is 1.23. The molecule has 1 aromatic rings. The Hall–Kier alpha value is -1.54. The summed E-state index contributed by atoms with van der Waals surface area (Å²) in [6, 6.07) is 7.10. The van der Waals surface area contributed by atoms with E-state index in [2.05, 4.69) is 5.32 Å². The second-order valence-electron chi connectivity index (χ2n) is 3.28. The molecule has 0 bridgehead atoms. The molecule has 1 aromatic carbocycles. The number of benzene rings is 1. The lowest BCUT2D eigenvalue weighted by Crippen LogP contribution is -2.15. The Morgan fingerprint density at radius 1 is 1.31 bits per heavy atom. The van der Waals surface area contributed by atoms with Gasteiger partial charge in [-0.05, 0) is 11.6 Å². The molecule has 0 amide bonds. The minimum Gasteiger partial charge on any atom is -0.312 e. The van der Waals surface area contributed by atoms with Gasteiger partial charge >= 0.3 is 6.18 Å². The van der Waals surface area contributed by atoms with E-state index in [9.17, 15) is 13.2 Å². The smallest absolute Gasteiger partial charge is 0.312 e. The van der Waals surface area contributed by atoms with Gasteiger partial charge in [0, 0.05) is 19.5 Å². The summed E-state index contributed by atoms with van der Waals surface area (Å²) in [6.07, 6.45) is -3.96. The summed E-state index contributed by atoms with van der Waals surface area (Å²) in [5.74, 6) is 0. The van der Waals surface area contributed by atoms with E-state index in [1.807, 2.05) is 6.07 Å². The largest absolute Gasteiger partial charge is 0.416 e. The van der Waals surface area contributed by atoms with E-state index in [4.69, 9.17) is 5.26 Å². The lowest BCUT2D eigenvalue weighted by molar-refractivity contribution is -0.137. The fourth-order valence-corrected chi connectivity index (χ4v) is 1.23. The Bertz CT molecular complexity index is 380. The summed E-state index contributed by atoms with van der Waals surface area (Å²) in [4.78, 5) is 0. The molecule has 0 unspecified atom stereocenters. The van der Waals surface area contributed by atoms with Gasteiger partial charge in [0.15, 0.2) is 0 Å². The van der Waals surface area contributed by atoms with Crippen LogP contribution < -0.4 is 5.32 Å². The van der Waals surface area contributed by atoms with Crippen molar-refractivity contribution in [3.8, 4) is 6.07 Å². The Labute approximate surface area is 91.7 Å². The van der Waals surface area contributed by atoms with Crippen molar-refractivity contribution in [1.29, 1.82) is 5.26 Å². The summed E-state index contributed by atoms with van der Waals surface area (Å²) in [5, 5.41) is 11.2. The lowest BCUT2D eigenvalue weighted by Gasteiger charge is -2.08. The standard InChI is InChI=1S/C11H11F3N2/c12-11(13,14)10-4-1-3-9(7-10)8-16-6-2-5-15/h1,3-4,7,16H,2,6,8H2. The first kappa shape index (κ1) is 12.5. The molecule has 0 fully saturated rings. The van der Waals surface area contributed by atoms with Gasteiger partial charge in [0.2, 0.25) is 0 Å². The molecule has 2 nitrogen and oxygen atoms in total. The van der Waals surface area contributed by atoms with E-state index in [1.54, 1.807) is 6.07 Å². The first-order valence-electron chi connectivity index (χ1n) is 4.78. The van der Waals surface area contributed by atoms with Gasteiger partial charge in [0.1, 0.15) is 0 Å². The van der Waals surface area contributed by atoms with Crippen molar-refractivity contribution in [3.05, 3.63) is 35.4 Å². The predicted molar refractivity (Wildman–Crippen MR) is 53.4 cm³/mol. The molecule has 0 aliphatic rings. The molecule has 0 radical (unpaired) electrons. The van der Waals surface area contributed by atoms with Crippen LogP contribution in [0.5, 0.6) is 0 Å². The second-order valence-corrected chi connectivity index (χ2v) is 3.28. The second kappa shape index (κ2) is 5.52. The average Bonchev–Trinajstić information content (AvgIpc) is 2.24. The normalized spacial score (nSPS) is 11.1. The Morgan fingerprint density at radius 2 is 2.06 bits per heavy atom. The van der Waals surface area contributed by atoms with Gasteiger partial charge in [0.25, 0.3) is 0 Å². The number of halogens is 3. The highest BCUT2D eigenvalue weighted by molar-refractivity contribution is 5.25. The predicted octanol–water partition coefficient (Wildman–Crippen LogP) is 2.71. The van der Waals surface area contributed by atoms with E-state index >= 15 is 0 Å². The van der Waals surface area contributed by atoms with Crippen molar-refractivity contribution in [2.24, 2.45) is 0 Å². The Kier molecular flexibility index (Phi) is 4.32. The molecule has 0 spiro atoms. The maximum absolute atomic E-state index is 12.3. The first-order chi connectivity index (χ1) is 7.54. The minimum atomic E-state index is -4.30. The monoisotopic (exact) mass is 228 g/mol. The maximum atomic E-state index is 12.3. The minimum absolute atomic E-state index is 0.339. The zero-order valence-corrected chi connectivity index (χ0v) is 8.51. The highest BCUT2D eigenvalue weighted by Crippen LogP contribution is 2.29. The average molecular weight is 228 g/mol. The van der Waals surface area contributed by atoms with Crippen LogP contribution in [-0.4, -0.2) is 6.54 Å². The summed E-state index contributed by atoms with van der Waals surface area (Å²) in [5.41, 5.74) is -0.0835. The van der Waals surface area contributed by atoms with E-state index in [0.717, 1.165) is 12.1 Å². The van der Waals surface area contributed by atoms with Crippen molar-refractivity contribution in [1.82, 2.24) is 5.32 Å². The van der Waals surface area contributed by atoms with Crippen molar-refractivity contribution in [2.75, 3.05) is 6.54 Å². The van der Waals surface area contributed by atoms with Crippen LogP contribution in [0, 0.1) is 11.3 Å². The molecule has 0 heterocycles. The summed E-state index contributed by atoms with van der Waals surface area (Å²) in [7, 11) is 0. The van der Waals surface area contributed by atoms with Crippen LogP contribution in [0.4, 0.5) is 13.2 Å². The number of nitriles is 1. The van der Waals surface area contributed by atoms with Crippen LogP contribution in [0.25, 0.3) is 0 Å². The van der Waals surface area contributed by atoms with E-state index < -0.39 is 11.7 Å². The SMILES string of the molecule is N#CCCNCc1cccc(C(F)(F)F)c1. The van der Waals surface area contributed by atoms with E-state index in [0.29, 0.717) is 25.1 Å². The molecule has 0 aromatic heterocycles. The molecule has 0 saturated carbocycles. The third-order valence-electron chi connectivity index (χ3n) is 2.00. The third kappa shape index (κ3) is 3.91. The molecule has 5 heteroatoms. The van der Waals surface area contributed by atoms with Crippen LogP contribution >= 0.6 is 0 Å². The molecule has 16 heavy (non-hydrogen) atoms. The van der Waals surface area contributed by atoms with Gasteiger partial charge in [0.05, 0.1) is 11.6 Å². The lowest BCUT2D eigenvalue weighted by atomic mass is 10.1. The molecule has 0 saturated heterocycles. The Morgan fingerprint density at radius 3 is 2.69 bits per heavy atom. The van der Waals surface area contributed by atoms with Gasteiger partial charge < -0.3 is 5.32 Å². The van der Waals surface area contributed by atoms with Crippen molar-refractivity contribution in [2.45, 2.75) is 19.1 Å². The molecule has 0 aliphatic carbocycles. The molecule has 1 N–H and O–H groups in total. The van der Waals surface area contributed by atoms with Crippen LogP contribution in [0.2, 0.25) is 0 Å². The fraction of sp³-hybridized carbons (Fsp3) is 0.364. The summed E-state index contributed by atoms with van der Waals surface area (Å²) in [6.45, 7) is 0.818. The van der Waals surface area contributed by atoms with Crippen molar-refractivity contribution >= 4 is 0 Å². The number of hydrogen-bond donors (Lipinski definition) is 1. The molecular formula is C11H11F3N2. The highest BCUT2D eigenvalue weighted by atomic mass is 19.4. The van der Waals surface area contributed by atoms with E-state index in [-0.39, 0.29) is 0 Å². The van der Waals surface area contributed by atoms with Crippen LogP contribution in [-0.2, 0) is 12.7 Å². The Balaban J connectivity index is 2.58. The van der Waals surface area contributed by atoms with Gasteiger partial charge in [-0.2, -0.15) is 18.4 Å². The highest BCUT2D eigenvalue weighted by Gasteiger charge is 2.30. The van der Waals surface area contributed by atoms with Crippen LogP contribution in [0.3, 0.4) is 0 Å². The number of nitrogens with one attached hydrogen (secondary N) is 1. The topological polar surface area (TPSA) is 35.8 Å². The zero-order valence-electron chi connectivity index (χ0n) is 8.51. The van der Waals surface area contributed by atoms with Crippen molar-refractivity contribution < 1.29 is 13.2 Å². The molecule has 1 rings (SSSR count). The molecule has 0 atom stereocenters. The zero-order chi connectivity index (χ0) is 12.0. The summed E-state index contributed by atoms with van der Waals surface area (Å²) < 4.78 is 37.0. The molecule has 0 aliphatic heterocycles. The van der Waals surface area contributed by atoms with Gasteiger partial charge in [-0.1, -0.05) is 18.2 Å². The number of rotatable bonds is 4. The van der Waals surface area contributed by atoms with Crippen LogP contribution in [0.1, 0.15) is 17.5 Å². The number of alkyl halides is 3. The van der Waals surface area contributed by atoms with Crippen LogP contribution in [0.15, 0.2) is 24.3 Å². The first-order valence-corrected chi connectivity index (χ1v) is 4.78. The van der Waals surface area contributed by atoms with Gasteiger partial charge in [-0.25, -0.2) is 0 Å². The van der Waals surface area contributed by atoms with Crippen molar-refractivity contribution in [3.63, 3.8) is 0 Å².